The van der Waals surface area contributed by atoms with E-state index in [-0.39, 0.29) is 17.1 Å². The minimum Gasteiger partial charge on any atom is -0.478 e. The van der Waals surface area contributed by atoms with Gasteiger partial charge in [-0.3, -0.25) is 9.78 Å². The van der Waals surface area contributed by atoms with Crippen molar-refractivity contribution in [3.05, 3.63) is 50.9 Å². The van der Waals surface area contributed by atoms with E-state index >= 15 is 0 Å². The lowest BCUT2D eigenvalue weighted by atomic mass is 10.2. The third-order valence-corrected chi connectivity index (χ3v) is 2.72. The lowest BCUT2D eigenvalue weighted by Crippen LogP contribution is -2.10. The number of benzene rings is 1. The van der Waals surface area contributed by atoms with Crippen molar-refractivity contribution in [2.75, 3.05) is 5.32 Å². The number of aromatic carboxylic acids is 1. The van der Waals surface area contributed by atoms with Crippen molar-refractivity contribution >= 4 is 33.5 Å². The molecule has 0 radical (unpaired) electrons. The number of carboxylic acids is 1. The lowest BCUT2D eigenvalue weighted by molar-refractivity contribution is 0.0697. The zero-order valence-electron chi connectivity index (χ0n) is 8.98. The van der Waals surface area contributed by atoms with Crippen LogP contribution in [0, 0.1) is 0 Å². The summed E-state index contributed by atoms with van der Waals surface area (Å²) in [7, 11) is 0. The van der Waals surface area contributed by atoms with Gasteiger partial charge in [0.2, 0.25) is 5.95 Å². The Bertz CT molecular complexity index is 637. The van der Waals surface area contributed by atoms with Gasteiger partial charge in [-0.05, 0) is 40.2 Å². The maximum atomic E-state index is 11.3. The van der Waals surface area contributed by atoms with E-state index in [9.17, 15) is 9.59 Å². The van der Waals surface area contributed by atoms with Gasteiger partial charge in [-0.15, -0.1) is 0 Å². The normalized spacial score (nSPS) is 10.1. The van der Waals surface area contributed by atoms with Crippen molar-refractivity contribution in [2.45, 2.75) is 0 Å². The number of aromatic amines is 1. The van der Waals surface area contributed by atoms with Crippen LogP contribution in [0.15, 0.2) is 39.7 Å². The number of halogens is 1. The molecule has 6 nitrogen and oxygen atoms in total. The molecule has 0 fully saturated rings. The molecule has 7 heteroatoms. The molecule has 0 unspecified atom stereocenters. The molecule has 92 valence electrons. The Morgan fingerprint density at radius 3 is 2.56 bits per heavy atom. The van der Waals surface area contributed by atoms with Crippen LogP contribution in [0.2, 0.25) is 0 Å². The Morgan fingerprint density at radius 2 is 2.00 bits per heavy atom. The maximum absolute atomic E-state index is 11.3. The van der Waals surface area contributed by atoms with Gasteiger partial charge in [-0.25, -0.2) is 9.78 Å². The van der Waals surface area contributed by atoms with E-state index in [2.05, 4.69) is 31.2 Å². The van der Waals surface area contributed by atoms with Crippen molar-refractivity contribution in [1.29, 1.82) is 0 Å². The van der Waals surface area contributed by atoms with Crippen LogP contribution in [-0.4, -0.2) is 21.0 Å². The number of carboxylic acid groups (broad SMARTS) is 1. The highest BCUT2D eigenvalue weighted by atomic mass is 79.9. The first-order valence-corrected chi connectivity index (χ1v) is 5.71. The van der Waals surface area contributed by atoms with E-state index in [1.807, 2.05) is 0 Å². The van der Waals surface area contributed by atoms with Crippen LogP contribution in [0.5, 0.6) is 0 Å². The molecular weight excluding hydrogens is 302 g/mol. The summed E-state index contributed by atoms with van der Waals surface area (Å²) in [6, 6.07) is 6.10. The molecule has 18 heavy (non-hydrogen) atoms. The molecule has 1 heterocycles. The fourth-order valence-corrected chi connectivity index (χ4v) is 1.48. The summed E-state index contributed by atoms with van der Waals surface area (Å²) in [5, 5.41) is 11.6. The Morgan fingerprint density at radius 1 is 1.33 bits per heavy atom. The molecule has 0 atom stereocenters. The van der Waals surface area contributed by atoms with Crippen LogP contribution in [-0.2, 0) is 0 Å². The summed E-state index contributed by atoms with van der Waals surface area (Å²) in [6.45, 7) is 0. The minimum atomic E-state index is -0.989. The van der Waals surface area contributed by atoms with Gasteiger partial charge < -0.3 is 10.4 Å². The van der Waals surface area contributed by atoms with Crippen molar-refractivity contribution in [1.82, 2.24) is 9.97 Å². The molecule has 2 aromatic rings. The van der Waals surface area contributed by atoms with Crippen molar-refractivity contribution in [2.24, 2.45) is 0 Å². The van der Waals surface area contributed by atoms with Crippen LogP contribution in [0.25, 0.3) is 0 Å². The fourth-order valence-electron chi connectivity index (χ4n) is 1.28. The lowest BCUT2D eigenvalue weighted by Gasteiger charge is -2.05. The number of nitrogens with one attached hydrogen (secondary N) is 2. The topological polar surface area (TPSA) is 95.1 Å². The SMILES string of the molecule is O=C(O)c1ccc(Nc2ncc(Br)c(=O)[nH]2)cc1. The molecule has 0 spiro atoms. The van der Waals surface area contributed by atoms with Gasteiger partial charge in [0, 0.05) is 5.69 Å². The van der Waals surface area contributed by atoms with E-state index in [4.69, 9.17) is 5.11 Å². The molecule has 0 saturated heterocycles. The van der Waals surface area contributed by atoms with E-state index < -0.39 is 5.97 Å². The molecular formula is C11H8BrN3O3. The van der Waals surface area contributed by atoms with Gasteiger partial charge in [0.1, 0.15) is 4.47 Å². The van der Waals surface area contributed by atoms with Crippen LogP contribution in [0.4, 0.5) is 11.6 Å². The third-order valence-electron chi connectivity index (χ3n) is 2.15. The molecule has 2 rings (SSSR count). The second-order valence-electron chi connectivity index (χ2n) is 3.42. The number of H-pyrrole nitrogens is 1. The number of carbonyl (C=O) groups is 1. The smallest absolute Gasteiger partial charge is 0.335 e. The summed E-state index contributed by atoms with van der Waals surface area (Å²) in [5.74, 6) is -0.706. The van der Waals surface area contributed by atoms with Gasteiger partial charge in [0.05, 0.1) is 11.8 Å². The third kappa shape index (κ3) is 2.75. The summed E-state index contributed by atoms with van der Waals surface area (Å²) in [6.07, 6.45) is 1.38. The van der Waals surface area contributed by atoms with Crippen LogP contribution in [0.1, 0.15) is 10.4 Å². The molecule has 0 aliphatic heterocycles. The van der Waals surface area contributed by atoms with Crippen LogP contribution >= 0.6 is 15.9 Å². The number of hydrogen-bond acceptors (Lipinski definition) is 4. The van der Waals surface area contributed by atoms with Gasteiger partial charge in [0.15, 0.2) is 0 Å². The molecule has 0 saturated carbocycles. The number of aromatic nitrogens is 2. The molecule has 0 bridgehead atoms. The average molecular weight is 310 g/mol. The predicted molar refractivity (Wildman–Crippen MR) is 69.2 cm³/mol. The summed E-state index contributed by atoms with van der Waals surface area (Å²) in [4.78, 5) is 28.5. The zero-order chi connectivity index (χ0) is 13.1. The number of nitrogens with zero attached hydrogens (tertiary/aromatic N) is 1. The van der Waals surface area contributed by atoms with Crippen molar-refractivity contribution in [3.8, 4) is 0 Å². The highest BCUT2D eigenvalue weighted by Crippen LogP contribution is 2.13. The Kier molecular flexibility index (Phi) is 3.42. The Hall–Kier alpha value is -2.15. The Balaban J connectivity index is 2.20. The van der Waals surface area contributed by atoms with E-state index in [0.717, 1.165) is 0 Å². The largest absolute Gasteiger partial charge is 0.478 e. The quantitative estimate of drug-likeness (QED) is 0.805. The van der Waals surface area contributed by atoms with Crippen molar-refractivity contribution in [3.63, 3.8) is 0 Å². The monoisotopic (exact) mass is 309 g/mol. The van der Waals surface area contributed by atoms with Gasteiger partial charge in [-0.2, -0.15) is 0 Å². The van der Waals surface area contributed by atoms with E-state index in [1.165, 1.54) is 18.3 Å². The van der Waals surface area contributed by atoms with Crippen molar-refractivity contribution < 1.29 is 9.90 Å². The number of rotatable bonds is 3. The number of hydrogen-bond donors (Lipinski definition) is 3. The van der Waals surface area contributed by atoms with Crippen LogP contribution < -0.4 is 10.9 Å². The average Bonchev–Trinajstić information content (AvgIpc) is 2.34. The first-order valence-electron chi connectivity index (χ1n) is 4.91. The zero-order valence-corrected chi connectivity index (χ0v) is 10.6. The first kappa shape index (κ1) is 12.3. The molecule has 0 amide bonds. The maximum Gasteiger partial charge on any atom is 0.335 e. The number of anilines is 2. The highest BCUT2D eigenvalue weighted by Gasteiger charge is 2.03. The summed E-state index contributed by atoms with van der Waals surface area (Å²) < 4.78 is 0.342. The molecule has 0 aliphatic carbocycles. The van der Waals surface area contributed by atoms with Gasteiger partial charge in [-0.1, -0.05) is 0 Å². The highest BCUT2D eigenvalue weighted by molar-refractivity contribution is 9.10. The summed E-state index contributed by atoms with van der Waals surface area (Å²) in [5.41, 5.74) is 0.526. The standard InChI is InChI=1S/C11H8BrN3O3/c12-8-5-13-11(15-9(8)16)14-7-3-1-6(2-4-7)10(17)18/h1-5H,(H,17,18)(H2,13,14,15,16). The molecule has 1 aromatic heterocycles. The van der Waals surface area contributed by atoms with E-state index in [1.54, 1.807) is 12.1 Å². The first-order chi connectivity index (χ1) is 8.56. The van der Waals surface area contributed by atoms with Crippen LogP contribution in [0.3, 0.4) is 0 Å². The van der Waals surface area contributed by atoms with Gasteiger partial charge in [0.25, 0.3) is 5.56 Å². The van der Waals surface area contributed by atoms with Gasteiger partial charge >= 0.3 is 5.97 Å². The molecule has 0 aliphatic rings. The summed E-state index contributed by atoms with van der Waals surface area (Å²) >= 11 is 3.04. The van der Waals surface area contributed by atoms with E-state index in [0.29, 0.717) is 10.2 Å². The second-order valence-corrected chi connectivity index (χ2v) is 4.27. The molecule has 3 N–H and O–H groups in total. The predicted octanol–water partition coefficient (Wildman–Crippen LogP) is 1.97. The second kappa shape index (κ2) is 5.01. The fraction of sp³-hybridized carbons (Fsp3) is 0. The molecule has 1 aromatic carbocycles. The minimum absolute atomic E-state index is 0.192. The Labute approximate surface area is 110 Å².